The Morgan fingerprint density at radius 1 is 1.13 bits per heavy atom. The van der Waals surface area contributed by atoms with Crippen LogP contribution < -0.4 is 20.3 Å². The van der Waals surface area contributed by atoms with Crippen molar-refractivity contribution in [2.75, 3.05) is 18.5 Å². The molecule has 8 heteroatoms. The van der Waals surface area contributed by atoms with Crippen molar-refractivity contribution in [1.29, 1.82) is 0 Å². The van der Waals surface area contributed by atoms with Gasteiger partial charge in [-0.3, -0.25) is 14.2 Å². The molecule has 154 valence electrons. The second-order valence-electron chi connectivity index (χ2n) is 7.65. The standard InChI is InChI=1S/C22H22N4O4/c1-13(21(27)24-15-6-7-18-19(11-15)30-9-8-29-18)26-12-23-20-16(22(26)28)10-14-4-2-3-5-17(14)25-20/h6-7,10-13H,2-5,8-9H2,1H3,(H,24,27)/t13-/m1/s1. The number of nitrogens with one attached hydrogen (secondary N) is 1. The highest BCUT2D eigenvalue weighted by Gasteiger charge is 2.21. The molecule has 1 aliphatic heterocycles. The summed E-state index contributed by atoms with van der Waals surface area (Å²) in [4.78, 5) is 34.8. The summed E-state index contributed by atoms with van der Waals surface area (Å²) in [6.07, 6.45) is 5.46. The lowest BCUT2D eigenvalue weighted by molar-refractivity contribution is -0.118. The van der Waals surface area contributed by atoms with E-state index in [2.05, 4.69) is 15.3 Å². The van der Waals surface area contributed by atoms with E-state index < -0.39 is 6.04 Å². The van der Waals surface area contributed by atoms with Crippen molar-refractivity contribution in [3.8, 4) is 11.5 Å². The van der Waals surface area contributed by atoms with Gasteiger partial charge < -0.3 is 14.8 Å². The molecule has 3 heterocycles. The van der Waals surface area contributed by atoms with Crippen LogP contribution in [0, 0.1) is 0 Å². The molecule has 5 rings (SSSR count). The van der Waals surface area contributed by atoms with Gasteiger partial charge in [-0.25, -0.2) is 9.97 Å². The molecule has 30 heavy (non-hydrogen) atoms. The maximum atomic E-state index is 13.1. The maximum absolute atomic E-state index is 13.1. The van der Waals surface area contributed by atoms with Crippen LogP contribution in [-0.2, 0) is 17.6 Å². The first-order chi connectivity index (χ1) is 14.6. The number of hydrogen-bond donors (Lipinski definition) is 1. The van der Waals surface area contributed by atoms with Crippen LogP contribution in [-0.4, -0.2) is 33.7 Å². The molecule has 1 atom stereocenters. The average Bonchev–Trinajstić information content (AvgIpc) is 2.78. The van der Waals surface area contributed by atoms with Crippen LogP contribution in [0.25, 0.3) is 11.0 Å². The van der Waals surface area contributed by atoms with E-state index in [1.54, 1.807) is 25.1 Å². The first-order valence-electron chi connectivity index (χ1n) is 10.2. The monoisotopic (exact) mass is 406 g/mol. The molecule has 1 amide bonds. The fourth-order valence-corrected chi connectivity index (χ4v) is 3.96. The Balaban J connectivity index is 1.42. The first kappa shape index (κ1) is 18.6. The fraction of sp³-hybridized carbons (Fsp3) is 0.364. The molecule has 1 N–H and O–H groups in total. The van der Waals surface area contributed by atoms with Crippen LogP contribution in [0.3, 0.4) is 0 Å². The van der Waals surface area contributed by atoms with E-state index >= 15 is 0 Å². The van der Waals surface area contributed by atoms with Crippen LogP contribution in [0.2, 0.25) is 0 Å². The summed E-state index contributed by atoms with van der Waals surface area (Å²) in [5.41, 5.74) is 2.90. The van der Waals surface area contributed by atoms with Gasteiger partial charge in [0.25, 0.3) is 5.56 Å². The van der Waals surface area contributed by atoms with Crippen LogP contribution in [0.5, 0.6) is 11.5 Å². The largest absolute Gasteiger partial charge is 0.486 e. The summed E-state index contributed by atoms with van der Waals surface area (Å²) in [6, 6.07) is 6.38. The number of benzene rings is 1. The third-order valence-electron chi connectivity index (χ3n) is 5.66. The van der Waals surface area contributed by atoms with Gasteiger partial charge in [0.2, 0.25) is 5.91 Å². The summed E-state index contributed by atoms with van der Waals surface area (Å²) in [5, 5.41) is 3.29. The van der Waals surface area contributed by atoms with Crippen molar-refractivity contribution in [3.05, 3.63) is 52.2 Å². The van der Waals surface area contributed by atoms with E-state index in [0.717, 1.165) is 36.9 Å². The molecule has 0 unspecified atom stereocenters. The van der Waals surface area contributed by atoms with Gasteiger partial charge in [0.1, 0.15) is 25.6 Å². The molecule has 3 aromatic rings. The summed E-state index contributed by atoms with van der Waals surface area (Å²) in [6.45, 7) is 2.65. The average molecular weight is 406 g/mol. The van der Waals surface area contributed by atoms with Crippen LogP contribution in [0.4, 0.5) is 5.69 Å². The number of rotatable bonds is 3. The fourth-order valence-electron chi connectivity index (χ4n) is 3.96. The highest BCUT2D eigenvalue weighted by atomic mass is 16.6. The molecule has 8 nitrogen and oxygen atoms in total. The minimum atomic E-state index is -0.737. The van der Waals surface area contributed by atoms with E-state index in [-0.39, 0.29) is 11.5 Å². The normalized spacial score (nSPS) is 16.0. The molecular weight excluding hydrogens is 384 g/mol. The van der Waals surface area contributed by atoms with E-state index in [0.29, 0.717) is 41.4 Å². The number of nitrogens with zero attached hydrogens (tertiary/aromatic N) is 3. The van der Waals surface area contributed by atoms with Gasteiger partial charge in [0.05, 0.1) is 5.39 Å². The van der Waals surface area contributed by atoms with Crippen LogP contribution in [0.1, 0.15) is 37.1 Å². The van der Waals surface area contributed by atoms with Crippen molar-refractivity contribution in [3.63, 3.8) is 0 Å². The Labute approximate surface area is 172 Å². The molecule has 0 radical (unpaired) electrons. The third kappa shape index (κ3) is 3.28. The SMILES string of the molecule is C[C@H](C(=O)Nc1ccc2c(c1)OCCO2)n1cnc2nc3c(cc2c1=O)CCCC3. The summed E-state index contributed by atoms with van der Waals surface area (Å²) >= 11 is 0. The zero-order valence-corrected chi connectivity index (χ0v) is 16.7. The number of carbonyl (C=O) groups is 1. The predicted octanol–water partition coefficient (Wildman–Crippen LogP) is 2.64. The quantitative estimate of drug-likeness (QED) is 0.719. The van der Waals surface area contributed by atoms with Gasteiger partial charge >= 0.3 is 0 Å². The molecule has 1 aliphatic carbocycles. The van der Waals surface area contributed by atoms with Gasteiger partial charge in [0, 0.05) is 17.4 Å². The molecule has 0 saturated heterocycles. The lowest BCUT2D eigenvalue weighted by Gasteiger charge is -2.20. The molecule has 1 aromatic carbocycles. The molecular formula is C22H22N4O4. The minimum Gasteiger partial charge on any atom is -0.486 e. The number of anilines is 1. The zero-order chi connectivity index (χ0) is 20.7. The molecule has 2 aromatic heterocycles. The maximum Gasteiger partial charge on any atom is 0.263 e. The number of aryl methyl sites for hydroxylation is 2. The topological polar surface area (TPSA) is 95.3 Å². The summed E-state index contributed by atoms with van der Waals surface area (Å²) in [7, 11) is 0. The number of hydrogen-bond acceptors (Lipinski definition) is 6. The van der Waals surface area contributed by atoms with E-state index in [1.165, 1.54) is 10.9 Å². The van der Waals surface area contributed by atoms with Gasteiger partial charge in [0.15, 0.2) is 17.1 Å². The number of pyridine rings is 1. The van der Waals surface area contributed by atoms with Crippen LogP contribution >= 0.6 is 0 Å². The molecule has 0 fully saturated rings. The number of aromatic nitrogens is 3. The predicted molar refractivity (Wildman–Crippen MR) is 111 cm³/mol. The number of amides is 1. The third-order valence-corrected chi connectivity index (χ3v) is 5.66. The Kier molecular flexibility index (Phi) is 4.61. The van der Waals surface area contributed by atoms with E-state index in [1.807, 2.05) is 6.07 Å². The number of carbonyl (C=O) groups excluding carboxylic acids is 1. The zero-order valence-electron chi connectivity index (χ0n) is 16.7. The lowest BCUT2D eigenvalue weighted by Crippen LogP contribution is -2.32. The first-order valence-corrected chi connectivity index (χ1v) is 10.2. The smallest absolute Gasteiger partial charge is 0.263 e. The second-order valence-corrected chi connectivity index (χ2v) is 7.65. The Hall–Kier alpha value is -3.42. The highest BCUT2D eigenvalue weighted by molar-refractivity contribution is 5.94. The van der Waals surface area contributed by atoms with Gasteiger partial charge in [-0.1, -0.05) is 0 Å². The van der Waals surface area contributed by atoms with Gasteiger partial charge in [-0.15, -0.1) is 0 Å². The lowest BCUT2D eigenvalue weighted by atomic mass is 9.95. The molecule has 2 aliphatic rings. The molecule has 0 spiro atoms. The van der Waals surface area contributed by atoms with Crippen molar-refractivity contribution in [2.45, 2.75) is 38.6 Å². The van der Waals surface area contributed by atoms with Crippen molar-refractivity contribution in [1.82, 2.24) is 14.5 Å². The highest BCUT2D eigenvalue weighted by Crippen LogP contribution is 2.32. The number of ether oxygens (including phenoxy) is 2. The Morgan fingerprint density at radius 2 is 1.93 bits per heavy atom. The van der Waals surface area contributed by atoms with E-state index in [9.17, 15) is 9.59 Å². The van der Waals surface area contributed by atoms with Gasteiger partial charge in [-0.05, 0) is 56.4 Å². The van der Waals surface area contributed by atoms with Crippen molar-refractivity contribution in [2.24, 2.45) is 0 Å². The number of fused-ring (bicyclic) bond motifs is 3. The molecule has 0 bridgehead atoms. The summed E-state index contributed by atoms with van der Waals surface area (Å²) < 4.78 is 12.4. The van der Waals surface area contributed by atoms with Crippen molar-refractivity contribution >= 4 is 22.6 Å². The van der Waals surface area contributed by atoms with Gasteiger partial charge in [-0.2, -0.15) is 0 Å². The van der Waals surface area contributed by atoms with Crippen LogP contribution in [0.15, 0.2) is 35.4 Å². The van der Waals surface area contributed by atoms with Crippen molar-refractivity contribution < 1.29 is 14.3 Å². The molecule has 0 saturated carbocycles. The summed E-state index contributed by atoms with van der Waals surface area (Å²) in [5.74, 6) is 0.922. The van der Waals surface area contributed by atoms with E-state index in [4.69, 9.17) is 9.47 Å². The minimum absolute atomic E-state index is 0.259. The Bertz CT molecular complexity index is 1200. The second kappa shape index (κ2) is 7.44. The Morgan fingerprint density at radius 3 is 2.80 bits per heavy atom.